The van der Waals surface area contributed by atoms with Crippen LogP contribution in [0.4, 0.5) is 0 Å². The third kappa shape index (κ3) is 3.61. The Bertz CT molecular complexity index is 736. The largest absolute Gasteiger partial charge is 0.457 e. The Balaban J connectivity index is 1.60. The van der Waals surface area contributed by atoms with Gasteiger partial charge in [-0.25, -0.2) is 4.79 Å². The third-order valence-electron chi connectivity index (χ3n) is 3.27. The Morgan fingerprint density at radius 3 is 2.27 bits per heavy atom. The van der Waals surface area contributed by atoms with Gasteiger partial charge in [-0.15, -0.1) is 0 Å². The van der Waals surface area contributed by atoms with Crippen LogP contribution in [0.25, 0.3) is 0 Å². The first-order valence-corrected chi connectivity index (χ1v) is 7.09. The molecule has 4 heteroatoms. The van der Waals surface area contributed by atoms with Crippen LogP contribution in [0.2, 0.25) is 0 Å². The minimum Gasteiger partial charge on any atom is -0.457 e. The molecule has 0 atom stereocenters. The lowest BCUT2D eigenvalue weighted by molar-refractivity contribution is 0.0472. The van der Waals surface area contributed by atoms with Crippen molar-refractivity contribution in [2.75, 3.05) is 0 Å². The quantitative estimate of drug-likeness (QED) is 0.678. The molecule has 0 aliphatic heterocycles. The molecule has 0 spiro atoms. The van der Waals surface area contributed by atoms with Crippen LogP contribution in [-0.2, 0) is 17.9 Å². The van der Waals surface area contributed by atoms with Gasteiger partial charge in [0.05, 0.1) is 18.3 Å². The van der Waals surface area contributed by atoms with E-state index in [9.17, 15) is 4.79 Å². The summed E-state index contributed by atoms with van der Waals surface area (Å²) in [7, 11) is 0. The molecule has 0 fully saturated rings. The minimum atomic E-state index is -0.358. The Hall–Kier alpha value is -2.88. The standard InChI is InChI=1S/C18H16N2O2/c21-18(22-14-16-9-5-2-6-10-16)17-11-19-20(13-17)12-15-7-3-1-4-8-15/h1-11,13H,12,14H2. The molecule has 2 aromatic carbocycles. The van der Waals surface area contributed by atoms with E-state index >= 15 is 0 Å². The van der Waals surface area contributed by atoms with Gasteiger partial charge in [0.25, 0.3) is 0 Å². The molecule has 0 saturated heterocycles. The molecule has 3 aromatic rings. The highest BCUT2D eigenvalue weighted by Crippen LogP contribution is 2.07. The lowest BCUT2D eigenvalue weighted by Crippen LogP contribution is -2.04. The van der Waals surface area contributed by atoms with E-state index < -0.39 is 0 Å². The average molecular weight is 292 g/mol. The van der Waals surface area contributed by atoms with Gasteiger partial charge in [0.1, 0.15) is 6.61 Å². The van der Waals surface area contributed by atoms with Gasteiger partial charge in [-0.3, -0.25) is 4.68 Å². The molecule has 4 nitrogen and oxygen atoms in total. The predicted molar refractivity (Wildman–Crippen MR) is 83.3 cm³/mol. The predicted octanol–water partition coefficient (Wildman–Crippen LogP) is 3.29. The number of aromatic nitrogens is 2. The zero-order valence-corrected chi connectivity index (χ0v) is 12.1. The van der Waals surface area contributed by atoms with Crippen LogP contribution in [0.5, 0.6) is 0 Å². The molecule has 0 saturated carbocycles. The molecule has 0 amide bonds. The van der Waals surface area contributed by atoms with Crippen molar-refractivity contribution in [1.82, 2.24) is 9.78 Å². The fourth-order valence-corrected chi connectivity index (χ4v) is 2.13. The Morgan fingerprint density at radius 1 is 0.955 bits per heavy atom. The molecule has 1 heterocycles. The summed E-state index contributed by atoms with van der Waals surface area (Å²) < 4.78 is 7.02. The monoisotopic (exact) mass is 292 g/mol. The molecule has 0 unspecified atom stereocenters. The number of hydrogen-bond donors (Lipinski definition) is 0. The highest BCUT2D eigenvalue weighted by Gasteiger charge is 2.10. The fourth-order valence-electron chi connectivity index (χ4n) is 2.13. The van der Waals surface area contributed by atoms with Gasteiger partial charge in [-0.05, 0) is 11.1 Å². The van der Waals surface area contributed by atoms with Crippen molar-refractivity contribution in [2.24, 2.45) is 0 Å². The molecular formula is C18H16N2O2. The molecule has 0 aliphatic rings. The zero-order chi connectivity index (χ0) is 15.2. The van der Waals surface area contributed by atoms with Crippen molar-refractivity contribution in [3.8, 4) is 0 Å². The summed E-state index contributed by atoms with van der Waals surface area (Å²) in [5.41, 5.74) is 2.56. The summed E-state index contributed by atoms with van der Waals surface area (Å²) in [6.07, 6.45) is 3.25. The van der Waals surface area contributed by atoms with Crippen molar-refractivity contribution in [2.45, 2.75) is 13.2 Å². The number of esters is 1. The van der Waals surface area contributed by atoms with Gasteiger partial charge in [0.2, 0.25) is 0 Å². The highest BCUT2D eigenvalue weighted by atomic mass is 16.5. The second-order valence-corrected chi connectivity index (χ2v) is 4.97. The van der Waals surface area contributed by atoms with E-state index in [1.807, 2.05) is 60.7 Å². The first kappa shape index (κ1) is 14.1. The molecular weight excluding hydrogens is 276 g/mol. The summed E-state index contributed by atoms with van der Waals surface area (Å²) >= 11 is 0. The van der Waals surface area contributed by atoms with Crippen LogP contribution in [0.15, 0.2) is 73.1 Å². The van der Waals surface area contributed by atoms with E-state index in [2.05, 4.69) is 5.10 Å². The second kappa shape index (κ2) is 6.72. The highest BCUT2D eigenvalue weighted by molar-refractivity contribution is 5.88. The Morgan fingerprint density at radius 2 is 1.59 bits per heavy atom. The summed E-state index contributed by atoms with van der Waals surface area (Å²) in [5.74, 6) is -0.358. The smallest absolute Gasteiger partial charge is 0.341 e. The minimum absolute atomic E-state index is 0.267. The maximum atomic E-state index is 12.0. The number of ether oxygens (including phenoxy) is 1. The third-order valence-corrected chi connectivity index (χ3v) is 3.27. The van der Waals surface area contributed by atoms with E-state index in [0.29, 0.717) is 12.1 Å². The van der Waals surface area contributed by atoms with E-state index in [0.717, 1.165) is 11.1 Å². The molecule has 0 N–H and O–H groups in total. The number of rotatable bonds is 5. The zero-order valence-electron chi connectivity index (χ0n) is 12.1. The summed E-state index contributed by atoms with van der Waals surface area (Å²) in [6, 6.07) is 19.6. The maximum absolute atomic E-state index is 12.0. The second-order valence-electron chi connectivity index (χ2n) is 4.97. The molecule has 0 radical (unpaired) electrons. The van der Waals surface area contributed by atoms with Crippen LogP contribution in [0.1, 0.15) is 21.5 Å². The van der Waals surface area contributed by atoms with Crippen molar-refractivity contribution < 1.29 is 9.53 Å². The van der Waals surface area contributed by atoms with Crippen LogP contribution < -0.4 is 0 Å². The summed E-state index contributed by atoms with van der Waals surface area (Å²) in [5, 5.41) is 4.20. The van der Waals surface area contributed by atoms with E-state index in [-0.39, 0.29) is 12.6 Å². The van der Waals surface area contributed by atoms with Crippen molar-refractivity contribution in [3.05, 3.63) is 89.7 Å². The van der Waals surface area contributed by atoms with Gasteiger partial charge in [0.15, 0.2) is 0 Å². The Labute approximate surface area is 129 Å². The molecule has 3 rings (SSSR count). The topological polar surface area (TPSA) is 44.1 Å². The van der Waals surface area contributed by atoms with E-state index in [1.54, 1.807) is 10.9 Å². The van der Waals surface area contributed by atoms with Gasteiger partial charge in [0, 0.05) is 6.20 Å². The Kier molecular flexibility index (Phi) is 4.30. The normalized spacial score (nSPS) is 10.4. The molecule has 1 aromatic heterocycles. The van der Waals surface area contributed by atoms with Gasteiger partial charge in [-0.2, -0.15) is 5.10 Å². The van der Waals surface area contributed by atoms with Crippen molar-refractivity contribution in [1.29, 1.82) is 0 Å². The first-order chi connectivity index (χ1) is 10.8. The lowest BCUT2D eigenvalue weighted by Gasteiger charge is -2.03. The van der Waals surface area contributed by atoms with E-state index in [4.69, 9.17) is 4.74 Å². The first-order valence-electron chi connectivity index (χ1n) is 7.09. The number of carbonyl (C=O) groups excluding carboxylic acids is 1. The fraction of sp³-hybridized carbons (Fsp3) is 0.111. The van der Waals surface area contributed by atoms with Crippen LogP contribution in [0, 0.1) is 0 Å². The van der Waals surface area contributed by atoms with Crippen LogP contribution in [0.3, 0.4) is 0 Å². The van der Waals surface area contributed by atoms with Gasteiger partial charge >= 0.3 is 5.97 Å². The van der Waals surface area contributed by atoms with Crippen molar-refractivity contribution in [3.63, 3.8) is 0 Å². The summed E-state index contributed by atoms with van der Waals surface area (Å²) in [6.45, 7) is 0.899. The molecule has 0 aliphatic carbocycles. The number of nitrogens with zero attached hydrogens (tertiary/aromatic N) is 2. The molecule has 22 heavy (non-hydrogen) atoms. The van der Waals surface area contributed by atoms with Crippen molar-refractivity contribution >= 4 is 5.97 Å². The van der Waals surface area contributed by atoms with Crippen LogP contribution >= 0.6 is 0 Å². The molecule has 0 bridgehead atoms. The lowest BCUT2D eigenvalue weighted by atomic mass is 10.2. The number of benzene rings is 2. The van der Waals surface area contributed by atoms with E-state index in [1.165, 1.54) is 6.20 Å². The number of carbonyl (C=O) groups is 1. The SMILES string of the molecule is O=C(OCc1ccccc1)c1cnn(Cc2ccccc2)c1. The number of hydrogen-bond acceptors (Lipinski definition) is 3. The van der Waals surface area contributed by atoms with Gasteiger partial charge in [-0.1, -0.05) is 60.7 Å². The summed E-state index contributed by atoms with van der Waals surface area (Å²) in [4.78, 5) is 12.0. The molecule has 110 valence electrons. The maximum Gasteiger partial charge on any atom is 0.341 e. The average Bonchev–Trinajstić information content (AvgIpc) is 3.03. The van der Waals surface area contributed by atoms with Gasteiger partial charge < -0.3 is 4.74 Å². The van der Waals surface area contributed by atoms with Crippen LogP contribution in [-0.4, -0.2) is 15.7 Å².